The summed E-state index contributed by atoms with van der Waals surface area (Å²) in [7, 11) is 0. The number of rotatable bonds is 5. The van der Waals surface area contributed by atoms with Gasteiger partial charge in [-0.05, 0) is 29.7 Å². The zero-order valence-electron chi connectivity index (χ0n) is 10.4. The third kappa shape index (κ3) is 3.87. The number of halogens is 2. The minimum atomic E-state index is 0.451. The molecule has 100 valence electrons. The lowest BCUT2D eigenvalue weighted by atomic mass is 10.1. The zero-order chi connectivity index (χ0) is 13.7. The molecule has 2 nitrogen and oxygen atoms in total. The fraction of sp³-hybridized carbons (Fsp3) is 0.200. The van der Waals surface area contributed by atoms with E-state index in [1.165, 1.54) is 0 Å². The molecule has 0 saturated heterocycles. The van der Waals surface area contributed by atoms with Crippen molar-refractivity contribution in [3.63, 3.8) is 0 Å². The number of hydrogen-bond acceptors (Lipinski definition) is 2. The van der Waals surface area contributed by atoms with E-state index in [4.69, 9.17) is 33.7 Å². The van der Waals surface area contributed by atoms with Crippen LogP contribution in [0.1, 0.15) is 11.1 Å². The molecule has 0 aliphatic rings. The first kappa shape index (κ1) is 14.2. The Bertz CT molecular complexity index is 558. The van der Waals surface area contributed by atoms with Gasteiger partial charge in [0.2, 0.25) is 0 Å². The first-order valence-electron chi connectivity index (χ1n) is 6.02. The minimum Gasteiger partial charge on any atom is -0.399 e. The molecule has 0 aromatic heterocycles. The van der Waals surface area contributed by atoms with Crippen LogP contribution in [0.3, 0.4) is 0 Å². The van der Waals surface area contributed by atoms with Crippen molar-refractivity contribution in [1.29, 1.82) is 0 Å². The molecule has 4 heteroatoms. The highest BCUT2D eigenvalue weighted by Gasteiger charge is 2.04. The smallest absolute Gasteiger partial charge is 0.0732 e. The van der Waals surface area contributed by atoms with E-state index in [0.29, 0.717) is 23.3 Å². The van der Waals surface area contributed by atoms with Crippen molar-refractivity contribution in [2.24, 2.45) is 0 Å². The SMILES string of the molecule is Nc1ccccc1CCOCc1cccc(Cl)c1Cl. The lowest BCUT2D eigenvalue weighted by molar-refractivity contribution is 0.124. The molecule has 0 unspecified atom stereocenters. The molecule has 0 aliphatic carbocycles. The van der Waals surface area contributed by atoms with Gasteiger partial charge in [-0.15, -0.1) is 0 Å². The first-order chi connectivity index (χ1) is 9.18. The van der Waals surface area contributed by atoms with E-state index in [1.807, 2.05) is 36.4 Å². The summed E-state index contributed by atoms with van der Waals surface area (Å²) >= 11 is 12.0. The number of anilines is 1. The molecule has 0 atom stereocenters. The highest BCUT2D eigenvalue weighted by Crippen LogP contribution is 2.26. The Labute approximate surface area is 123 Å². The lowest BCUT2D eigenvalue weighted by Gasteiger charge is -2.08. The summed E-state index contributed by atoms with van der Waals surface area (Å²) in [6.45, 7) is 1.04. The van der Waals surface area contributed by atoms with Gasteiger partial charge in [0, 0.05) is 5.69 Å². The highest BCUT2D eigenvalue weighted by atomic mass is 35.5. The molecule has 0 radical (unpaired) electrons. The monoisotopic (exact) mass is 295 g/mol. The van der Waals surface area contributed by atoms with E-state index in [1.54, 1.807) is 6.07 Å². The molecule has 0 heterocycles. The second kappa shape index (κ2) is 6.80. The maximum absolute atomic E-state index is 6.08. The Hall–Kier alpha value is -1.22. The van der Waals surface area contributed by atoms with E-state index >= 15 is 0 Å². The van der Waals surface area contributed by atoms with Crippen LogP contribution >= 0.6 is 23.2 Å². The maximum atomic E-state index is 6.08. The summed E-state index contributed by atoms with van der Waals surface area (Å²) in [6.07, 6.45) is 0.783. The number of nitrogen functional groups attached to an aromatic ring is 1. The van der Waals surface area contributed by atoms with Crippen molar-refractivity contribution in [3.05, 3.63) is 63.6 Å². The molecule has 2 N–H and O–H groups in total. The van der Waals surface area contributed by atoms with E-state index in [-0.39, 0.29) is 0 Å². The van der Waals surface area contributed by atoms with Gasteiger partial charge in [-0.25, -0.2) is 0 Å². The van der Waals surface area contributed by atoms with Gasteiger partial charge in [-0.1, -0.05) is 53.5 Å². The normalized spacial score (nSPS) is 10.6. The van der Waals surface area contributed by atoms with E-state index in [2.05, 4.69) is 0 Å². The van der Waals surface area contributed by atoms with Gasteiger partial charge in [0.15, 0.2) is 0 Å². The quantitative estimate of drug-likeness (QED) is 0.658. The topological polar surface area (TPSA) is 35.2 Å². The van der Waals surface area contributed by atoms with Gasteiger partial charge in [0.1, 0.15) is 0 Å². The first-order valence-corrected chi connectivity index (χ1v) is 6.78. The standard InChI is InChI=1S/C15H15Cl2NO/c16-13-6-3-5-12(15(13)17)10-19-9-8-11-4-1-2-7-14(11)18/h1-7H,8-10,18H2. The molecule has 2 aromatic carbocycles. The van der Waals surface area contributed by atoms with Crippen molar-refractivity contribution in [2.75, 3.05) is 12.3 Å². The van der Waals surface area contributed by atoms with Crippen molar-refractivity contribution in [2.45, 2.75) is 13.0 Å². The largest absolute Gasteiger partial charge is 0.399 e. The van der Waals surface area contributed by atoms with Crippen LogP contribution in [0, 0.1) is 0 Å². The fourth-order valence-corrected chi connectivity index (χ4v) is 2.16. The van der Waals surface area contributed by atoms with Gasteiger partial charge in [0.25, 0.3) is 0 Å². The molecule has 0 aliphatic heterocycles. The molecule has 19 heavy (non-hydrogen) atoms. The van der Waals surface area contributed by atoms with Crippen LogP contribution in [-0.2, 0) is 17.8 Å². The molecular weight excluding hydrogens is 281 g/mol. The Balaban J connectivity index is 1.84. The van der Waals surface area contributed by atoms with Crippen molar-refractivity contribution >= 4 is 28.9 Å². The zero-order valence-corrected chi connectivity index (χ0v) is 11.9. The molecule has 0 amide bonds. The maximum Gasteiger partial charge on any atom is 0.0732 e. The van der Waals surface area contributed by atoms with Crippen molar-refractivity contribution < 1.29 is 4.74 Å². The van der Waals surface area contributed by atoms with Crippen LogP contribution in [0.5, 0.6) is 0 Å². The van der Waals surface area contributed by atoms with E-state index in [9.17, 15) is 0 Å². The average molecular weight is 296 g/mol. The summed E-state index contributed by atoms with van der Waals surface area (Å²) in [4.78, 5) is 0. The third-order valence-electron chi connectivity index (χ3n) is 2.86. The number of ether oxygens (including phenoxy) is 1. The molecule has 2 rings (SSSR count). The highest BCUT2D eigenvalue weighted by molar-refractivity contribution is 6.42. The Morgan fingerprint density at radius 2 is 1.68 bits per heavy atom. The van der Waals surface area contributed by atoms with Gasteiger partial charge in [-0.2, -0.15) is 0 Å². The molecular formula is C15H15Cl2NO. The molecule has 0 fully saturated rings. The summed E-state index contributed by atoms with van der Waals surface area (Å²) in [6, 6.07) is 13.3. The Kier molecular flexibility index (Phi) is 5.08. The number of benzene rings is 2. The second-order valence-corrected chi connectivity index (χ2v) is 5.00. The van der Waals surface area contributed by atoms with Gasteiger partial charge in [-0.3, -0.25) is 0 Å². The van der Waals surface area contributed by atoms with Crippen LogP contribution < -0.4 is 5.73 Å². The number of nitrogens with two attached hydrogens (primary N) is 1. The van der Waals surface area contributed by atoms with Crippen molar-refractivity contribution in [1.82, 2.24) is 0 Å². The van der Waals surface area contributed by atoms with Crippen LogP contribution in [0.2, 0.25) is 10.0 Å². The molecule has 0 saturated carbocycles. The predicted molar refractivity (Wildman–Crippen MR) is 80.7 cm³/mol. The average Bonchev–Trinajstić information content (AvgIpc) is 2.41. The second-order valence-electron chi connectivity index (χ2n) is 4.21. The van der Waals surface area contributed by atoms with Crippen LogP contribution in [0.25, 0.3) is 0 Å². The molecule has 2 aromatic rings. The van der Waals surface area contributed by atoms with Crippen LogP contribution in [-0.4, -0.2) is 6.61 Å². The van der Waals surface area contributed by atoms with Gasteiger partial charge >= 0.3 is 0 Å². The third-order valence-corrected chi connectivity index (χ3v) is 3.72. The van der Waals surface area contributed by atoms with Gasteiger partial charge in [0.05, 0.1) is 23.3 Å². The van der Waals surface area contributed by atoms with E-state index < -0.39 is 0 Å². The van der Waals surface area contributed by atoms with Crippen LogP contribution in [0.4, 0.5) is 5.69 Å². The summed E-state index contributed by atoms with van der Waals surface area (Å²) in [5.41, 5.74) is 8.66. The minimum absolute atomic E-state index is 0.451. The van der Waals surface area contributed by atoms with E-state index in [0.717, 1.165) is 23.2 Å². The predicted octanol–water partition coefficient (Wildman–Crippen LogP) is 4.33. The lowest BCUT2D eigenvalue weighted by Crippen LogP contribution is -2.02. The van der Waals surface area contributed by atoms with Crippen LogP contribution in [0.15, 0.2) is 42.5 Å². The summed E-state index contributed by atoms with van der Waals surface area (Å²) < 4.78 is 5.62. The summed E-state index contributed by atoms with van der Waals surface area (Å²) in [5.74, 6) is 0. The Morgan fingerprint density at radius 1 is 0.947 bits per heavy atom. The summed E-state index contributed by atoms with van der Waals surface area (Å²) in [5, 5.41) is 1.11. The molecule has 0 spiro atoms. The van der Waals surface area contributed by atoms with Gasteiger partial charge < -0.3 is 10.5 Å². The number of hydrogen-bond donors (Lipinski definition) is 1. The number of para-hydroxylation sites is 1. The molecule has 0 bridgehead atoms. The Morgan fingerprint density at radius 3 is 2.47 bits per heavy atom. The fourth-order valence-electron chi connectivity index (χ4n) is 1.79. The van der Waals surface area contributed by atoms with Crippen molar-refractivity contribution in [3.8, 4) is 0 Å².